The first-order chi connectivity index (χ1) is 10.1. The lowest BCUT2D eigenvalue weighted by Crippen LogP contribution is -2.38. The van der Waals surface area contributed by atoms with Crippen molar-refractivity contribution >= 4 is 23.3 Å². The van der Waals surface area contributed by atoms with E-state index in [2.05, 4.69) is 22.5 Å². The fourth-order valence-corrected chi connectivity index (χ4v) is 3.07. The molecule has 5 heteroatoms. The molecule has 0 spiro atoms. The van der Waals surface area contributed by atoms with Crippen LogP contribution >= 0.6 is 11.6 Å². The summed E-state index contributed by atoms with van der Waals surface area (Å²) in [5.41, 5.74) is 0.572. The molecule has 0 aromatic carbocycles. The molecule has 1 aliphatic carbocycles. The van der Waals surface area contributed by atoms with Gasteiger partial charge in [0.1, 0.15) is 11.0 Å². The van der Waals surface area contributed by atoms with Crippen molar-refractivity contribution in [2.24, 2.45) is 5.92 Å². The number of nitrogens with one attached hydrogen (secondary N) is 2. The van der Waals surface area contributed by atoms with Gasteiger partial charge in [0.05, 0.1) is 0 Å². The largest absolute Gasteiger partial charge is 0.370 e. The number of amides is 1. The lowest BCUT2D eigenvalue weighted by molar-refractivity contribution is 0.0921. The van der Waals surface area contributed by atoms with Crippen LogP contribution in [0.3, 0.4) is 0 Å². The van der Waals surface area contributed by atoms with Gasteiger partial charge in [-0.15, -0.1) is 0 Å². The van der Waals surface area contributed by atoms with Crippen molar-refractivity contribution in [1.82, 2.24) is 10.3 Å². The topological polar surface area (TPSA) is 54.0 Å². The van der Waals surface area contributed by atoms with Crippen molar-refractivity contribution < 1.29 is 4.79 Å². The zero-order chi connectivity index (χ0) is 15.2. The van der Waals surface area contributed by atoms with Crippen molar-refractivity contribution in [2.45, 2.75) is 52.0 Å². The Morgan fingerprint density at radius 3 is 2.86 bits per heavy atom. The molecule has 0 saturated heterocycles. The molecule has 2 atom stereocenters. The molecule has 0 aliphatic heterocycles. The van der Waals surface area contributed by atoms with Crippen molar-refractivity contribution in [3.05, 3.63) is 22.8 Å². The second kappa shape index (κ2) is 7.64. The molecular weight excluding hydrogens is 286 g/mol. The first-order valence-corrected chi connectivity index (χ1v) is 8.20. The quantitative estimate of drug-likeness (QED) is 0.656. The van der Waals surface area contributed by atoms with Gasteiger partial charge in [-0.1, -0.05) is 37.8 Å². The molecule has 1 aromatic rings. The van der Waals surface area contributed by atoms with Gasteiger partial charge in [0.2, 0.25) is 0 Å². The van der Waals surface area contributed by atoms with Gasteiger partial charge in [0.15, 0.2) is 0 Å². The summed E-state index contributed by atoms with van der Waals surface area (Å²) in [6, 6.07) is 3.64. The smallest absolute Gasteiger partial charge is 0.251 e. The minimum atomic E-state index is -0.0581. The maximum absolute atomic E-state index is 12.5. The molecule has 1 aromatic heterocycles. The van der Waals surface area contributed by atoms with Crippen LogP contribution < -0.4 is 10.6 Å². The van der Waals surface area contributed by atoms with Crippen LogP contribution in [0.1, 0.15) is 56.3 Å². The van der Waals surface area contributed by atoms with E-state index in [9.17, 15) is 4.79 Å². The highest BCUT2D eigenvalue weighted by atomic mass is 35.5. The number of rotatable bonds is 4. The summed E-state index contributed by atoms with van der Waals surface area (Å²) in [7, 11) is 0. The minimum Gasteiger partial charge on any atom is -0.370 e. The molecule has 0 radical (unpaired) electrons. The molecule has 1 heterocycles. The molecule has 4 nitrogen and oxygen atoms in total. The minimum absolute atomic E-state index is 0.0581. The molecule has 1 amide bonds. The summed E-state index contributed by atoms with van der Waals surface area (Å²) in [5, 5.41) is 6.60. The van der Waals surface area contributed by atoms with Gasteiger partial charge < -0.3 is 10.6 Å². The molecule has 1 fully saturated rings. The van der Waals surface area contributed by atoms with Crippen molar-refractivity contribution in [3.63, 3.8) is 0 Å². The Morgan fingerprint density at radius 2 is 2.10 bits per heavy atom. The number of hydrogen-bond acceptors (Lipinski definition) is 3. The van der Waals surface area contributed by atoms with Gasteiger partial charge in [0.25, 0.3) is 5.91 Å². The Balaban J connectivity index is 2.08. The van der Waals surface area contributed by atoms with Crippen molar-refractivity contribution in [2.75, 3.05) is 11.9 Å². The third-order valence-corrected chi connectivity index (χ3v) is 4.29. The lowest BCUT2D eigenvalue weighted by atomic mass is 9.96. The highest BCUT2D eigenvalue weighted by molar-refractivity contribution is 6.29. The number of halogens is 1. The monoisotopic (exact) mass is 309 g/mol. The summed E-state index contributed by atoms with van der Waals surface area (Å²) in [4.78, 5) is 16.6. The van der Waals surface area contributed by atoms with Crippen LogP contribution in [-0.4, -0.2) is 23.5 Å². The SMILES string of the molecule is CCNc1cc(C(=O)NC2CCCCCC2C)cc(Cl)n1. The number of hydrogen-bond donors (Lipinski definition) is 2. The predicted molar refractivity (Wildman–Crippen MR) is 86.9 cm³/mol. The van der Waals surface area contributed by atoms with Crippen LogP contribution in [0.4, 0.5) is 5.82 Å². The first-order valence-electron chi connectivity index (χ1n) is 7.82. The number of aromatic nitrogens is 1. The number of anilines is 1. The van der Waals surface area contributed by atoms with Gasteiger partial charge in [-0.2, -0.15) is 0 Å². The second-order valence-corrected chi connectivity index (χ2v) is 6.18. The molecule has 1 saturated carbocycles. The third kappa shape index (κ3) is 4.60. The molecule has 2 N–H and O–H groups in total. The second-order valence-electron chi connectivity index (χ2n) is 5.79. The standard InChI is InChI=1S/C16H24ClN3O/c1-3-18-15-10-12(9-14(17)20-15)16(21)19-13-8-6-4-5-7-11(13)2/h9-11,13H,3-8H2,1-2H3,(H,18,20)(H,19,21). The number of carbonyl (C=O) groups excluding carboxylic acids is 1. The maximum atomic E-state index is 12.5. The molecular formula is C16H24ClN3O. The fourth-order valence-electron chi connectivity index (χ4n) is 2.86. The Hall–Kier alpha value is -1.29. The van der Waals surface area contributed by atoms with Crippen LogP contribution in [0, 0.1) is 5.92 Å². The van der Waals surface area contributed by atoms with E-state index in [4.69, 9.17) is 11.6 Å². The molecule has 0 bridgehead atoms. The molecule has 21 heavy (non-hydrogen) atoms. The Labute approximate surface area is 131 Å². The summed E-state index contributed by atoms with van der Waals surface area (Å²) < 4.78 is 0. The van der Waals surface area contributed by atoms with Crippen LogP contribution in [-0.2, 0) is 0 Å². The van der Waals surface area contributed by atoms with E-state index in [1.165, 1.54) is 25.7 Å². The maximum Gasteiger partial charge on any atom is 0.251 e. The van der Waals surface area contributed by atoms with Crippen LogP contribution in [0.5, 0.6) is 0 Å². The van der Waals surface area contributed by atoms with Gasteiger partial charge in [0, 0.05) is 18.2 Å². The number of carbonyl (C=O) groups is 1. The summed E-state index contributed by atoms with van der Waals surface area (Å²) in [5.74, 6) is 1.11. The molecule has 2 unspecified atom stereocenters. The van der Waals surface area contributed by atoms with E-state index in [1.54, 1.807) is 12.1 Å². The van der Waals surface area contributed by atoms with Gasteiger partial charge in [-0.25, -0.2) is 4.98 Å². The zero-order valence-electron chi connectivity index (χ0n) is 12.8. The Morgan fingerprint density at radius 1 is 1.33 bits per heavy atom. The predicted octanol–water partition coefficient (Wildman–Crippen LogP) is 3.87. The number of pyridine rings is 1. The summed E-state index contributed by atoms with van der Waals surface area (Å²) >= 11 is 6.00. The highest BCUT2D eigenvalue weighted by Crippen LogP contribution is 2.23. The van der Waals surface area contributed by atoms with E-state index in [-0.39, 0.29) is 11.9 Å². The highest BCUT2D eigenvalue weighted by Gasteiger charge is 2.22. The van der Waals surface area contributed by atoms with Crippen LogP contribution in [0.2, 0.25) is 5.15 Å². The first kappa shape index (κ1) is 16.1. The van der Waals surface area contributed by atoms with E-state index in [1.807, 2.05) is 6.92 Å². The van der Waals surface area contributed by atoms with Crippen molar-refractivity contribution in [3.8, 4) is 0 Å². The summed E-state index contributed by atoms with van der Waals surface area (Å²) in [6.07, 6.45) is 5.97. The van der Waals surface area contributed by atoms with Crippen LogP contribution in [0.25, 0.3) is 0 Å². The summed E-state index contributed by atoms with van der Waals surface area (Å²) in [6.45, 7) is 4.95. The molecule has 1 aliphatic rings. The zero-order valence-corrected chi connectivity index (χ0v) is 13.5. The average molecular weight is 310 g/mol. The van der Waals surface area contributed by atoms with E-state index < -0.39 is 0 Å². The van der Waals surface area contributed by atoms with Gasteiger partial charge >= 0.3 is 0 Å². The average Bonchev–Trinajstić information content (AvgIpc) is 2.64. The van der Waals surface area contributed by atoms with Crippen LogP contribution in [0.15, 0.2) is 12.1 Å². The van der Waals surface area contributed by atoms with Gasteiger partial charge in [-0.05, 0) is 37.8 Å². The van der Waals surface area contributed by atoms with Crippen molar-refractivity contribution in [1.29, 1.82) is 0 Å². The fraction of sp³-hybridized carbons (Fsp3) is 0.625. The van der Waals surface area contributed by atoms with E-state index >= 15 is 0 Å². The lowest BCUT2D eigenvalue weighted by Gasteiger charge is -2.23. The number of nitrogens with zero attached hydrogens (tertiary/aromatic N) is 1. The molecule has 116 valence electrons. The molecule has 2 rings (SSSR count). The Kier molecular flexibility index (Phi) is 5.85. The van der Waals surface area contributed by atoms with E-state index in [0.717, 1.165) is 13.0 Å². The van der Waals surface area contributed by atoms with E-state index in [0.29, 0.717) is 22.5 Å². The van der Waals surface area contributed by atoms with Gasteiger partial charge in [-0.3, -0.25) is 4.79 Å². The third-order valence-electron chi connectivity index (χ3n) is 4.09. The Bertz CT molecular complexity index is 492. The normalized spacial score (nSPS) is 22.4.